The van der Waals surface area contributed by atoms with Crippen molar-refractivity contribution in [1.29, 1.82) is 0 Å². The summed E-state index contributed by atoms with van der Waals surface area (Å²) in [5.41, 5.74) is 8.21. The van der Waals surface area contributed by atoms with Gasteiger partial charge in [-0.05, 0) is 30.7 Å². The van der Waals surface area contributed by atoms with E-state index in [9.17, 15) is 0 Å². The monoisotopic (exact) mass is 291 g/mol. The third-order valence-corrected chi connectivity index (χ3v) is 3.40. The van der Waals surface area contributed by atoms with E-state index >= 15 is 0 Å². The second kappa shape index (κ2) is 6.64. The molecule has 0 aliphatic rings. The van der Waals surface area contributed by atoms with Gasteiger partial charge in [-0.15, -0.1) is 0 Å². The molecule has 1 atom stereocenters. The summed E-state index contributed by atoms with van der Waals surface area (Å²) in [5, 5.41) is 0.571. The van der Waals surface area contributed by atoms with Gasteiger partial charge in [-0.25, -0.2) is 0 Å². The van der Waals surface area contributed by atoms with Gasteiger partial charge < -0.3 is 15.2 Å². The number of nitrogens with two attached hydrogens (primary N) is 1. The van der Waals surface area contributed by atoms with Gasteiger partial charge in [0.15, 0.2) is 0 Å². The summed E-state index contributed by atoms with van der Waals surface area (Å²) in [6.07, 6.45) is 0. The molecule has 3 nitrogen and oxygen atoms in total. The first-order valence-electron chi connectivity index (χ1n) is 6.48. The van der Waals surface area contributed by atoms with Crippen molar-refractivity contribution in [3.63, 3.8) is 0 Å². The van der Waals surface area contributed by atoms with Crippen LogP contribution in [-0.4, -0.2) is 13.7 Å². The summed E-state index contributed by atoms with van der Waals surface area (Å²) in [4.78, 5) is 0. The lowest BCUT2D eigenvalue weighted by Gasteiger charge is -2.17. The molecule has 0 aromatic heterocycles. The fourth-order valence-electron chi connectivity index (χ4n) is 2.07. The fraction of sp³-hybridized carbons (Fsp3) is 0.250. The molecule has 2 N–H and O–H groups in total. The van der Waals surface area contributed by atoms with Gasteiger partial charge in [-0.1, -0.05) is 35.9 Å². The van der Waals surface area contributed by atoms with Gasteiger partial charge in [0, 0.05) is 5.56 Å². The van der Waals surface area contributed by atoms with Crippen molar-refractivity contribution in [2.24, 2.45) is 5.73 Å². The number of ether oxygens (including phenoxy) is 2. The molecule has 2 aromatic carbocycles. The van der Waals surface area contributed by atoms with Crippen LogP contribution in [0.15, 0.2) is 42.5 Å². The largest absolute Gasteiger partial charge is 0.495 e. The summed E-state index contributed by atoms with van der Waals surface area (Å²) in [7, 11) is 1.59. The van der Waals surface area contributed by atoms with Crippen molar-refractivity contribution >= 4 is 11.6 Å². The molecule has 20 heavy (non-hydrogen) atoms. The zero-order valence-corrected chi connectivity index (χ0v) is 12.4. The number of hydrogen-bond donors (Lipinski definition) is 1. The standard InChI is InChI=1S/C16H18ClNO2/c1-3-20-14-7-5-4-6-12(14)16(18)11-8-9-13(17)15(10-11)19-2/h4-10,16H,3,18H2,1-2H3. The molecule has 0 saturated carbocycles. The molecule has 0 fully saturated rings. The smallest absolute Gasteiger partial charge is 0.137 e. The Balaban J connectivity index is 2.38. The van der Waals surface area contributed by atoms with Gasteiger partial charge in [0.25, 0.3) is 0 Å². The van der Waals surface area contributed by atoms with Crippen LogP contribution in [0.3, 0.4) is 0 Å². The van der Waals surface area contributed by atoms with Crippen molar-refractivity contribution in [1.82, 2.24) is 0 Å². The van der Waals surface area contributed by atoms with Crippen LogP contribution < -0.4 is 15.2 Å². The Morgan fingerprint density at radius 1 is 1.15 bits per heavy atom. The van der Waals surface area contributed by atoms with Gasteiger partial charge in [0.05, 0.1) is 24.8 Å². The van der Waals surface area contributed by atoms with E-state index < -0.39 is 0 Å². The maximum atomic E-state index is 6.34. The highest BCUT2D eigenvalue weighted by Crippen LogP contribution is 2.32. The zero-order chi connectivity index (χ0) is 14.5. The molecule has 0 saturated heterocycles. The summed E-state index contributed by atoms with van der Waals surface area (Å²) >= 11 is 6.04. The van der Waals surface area contributed by atoms with Crippen molar-refractivity contribution in [2.75, 3.05) is 13.7 Å². The first-order chi connectivity index (χ1) is 9.67. The van der Waals surface area contributed by atoms with E-state index in [1.165, 1.54) is 0 Å². The normalized spacial score (nSPS) is 12.0. The molecule has 1 unspecified atom stereocenters. The molecule has 0 bridgehead atoms. The molecular formula is C16H18ClNO2. The molecule has 2 aromatic rings. The summed E-state index contributed by atoms with van der Waals surface area (Å²) in [6.45, 7) is 2.56. The molecule has 4 heteroatoms. The van der Waals surface area contributed by atoms with Crippen molar-refractivity contribution in [3.05, 3.63) is 58.6 Å². The van der Waals surface area contributed by atoms with E-state index in [4.69, 9.17) is 26.8 Å². The van der Waals surface area contributed by atoms with E-state index in [1.54, 1.807) is 13.2 Å². The zero-order valence-electron chi connectivity index (χ0n) is 11.6. The minimum absolute atomic E-state index is 0.288. The molecule has 0 aliphatic heterocycles. The Hall–Kier alpha value is -1.71. The van der Waals surface area contributed by atoms with E-state index in [0.717, 1.165) is 16.9 Å². The Labute approximate surface area is 124 Å². The van der Waals surface area contributed by atoms with Crippen molar-refractivity contribution < 1.29 is 9.47 Å². The van der Waals surface area contributed by atoms with Gasteiger partial charge in [-0.3, -0.25) is 0 Å². The molecule has 2 rings (SSSR count). The molecule has 106 valence electrons. The highest BCUT2D eigenvalue weighted by Gasteiger charge is 2.15. The molecule has 0 radical (unpaired) electrons. The highest BCUT2D eigenvalue weighted by molar-refractivity contribution is 6.32. The van der Waals surface area contributed by atoms with Crippen LogP contribution in [0.4, 0.5) is 0 Å². The van der Waals surface area contributed by atoms with Crippen molar-refractivity contribution in [2.45, 2.75) is 13.0 Å². The van der Waals surface area contributed by atoms with Crippen LogP contribution in [0, 0.1) is 0 Å². The Morgan fingerprint density at radius 2 is 1.90 bits per heavy atom. The molecule has 0 heterocycles. The van der Waals surface area contributed by atoms with Gasteiger partial charge in [-0.2, -0.15) is 0 Å². The number of hydrogen-bond acceptors (Lipinski definition) is 3. The van der Waals surface area contributed by atoms with Crippen LogP contribution in [0.2, 0.25) is 5.02 Å². The molecule has 0 aliphatic carbocycles. The quantitative estimate of drug-likeness (QED) is 0.911. The number of para-hydroxylation sites is 1. The van der Waals surface area contributed by atoms with E-state index in [2.05, 4.69) is 0 Å². The average Bonchev–Trinajstić information content (AvgIpc) is 2.48. The van der Waals surface area contributed by atoms with Crippen LogP contribution in [0.1, 0.15) is 24.1 Å². The lowest BCUT2D eigenvalue weighted by Crippen LogP contribution is -2.13. The maximum absolute atomic E-state index is 6.34. The molecule has 0 amide bonds. The number of rotatable bonds is 5. The van der Waals surface area contributed by atoms with Gasteiger partial charge in [0.2, 0.25) is 0 Å². The first-order valence-corrected chi connectivity index (χ1v) is 6.86. The highest BCUT2D eigenvalue weighted by atomic mass is 35.5. The van der Waals surface area contributed by atoms with Crippen molar-refractivity contribution in [3.8, 4) is 11.5 Å². The van der Waals surface area contributed by atoms with E-state index in [-0.39, 0.29) is 6.04 Å². The van der Waals surface area contributed by atoms with E-state index in [1.807, 2.05) is 43.3 Å². The Bertz CT molecular complexity index is 586. The third kappa shape index (κ3) is 3.06. The number of methoxy groups -OCH3 is 1. The van der Waals surface area contributed by atoms with Gasteiger partial charge >= 0.3 is 0 Å². The maximum Gasteiger partial charge on any atom is 0.137 e. The van der Waals surface area contributed by atoms with Crippen LogP contribution in [0.5, 0.6) is 11.5 Å². The Morgan fingerprint density at radius 3 is 2.60 bits per heavy atom. The second-order valence-corrected chi connectivity index (χ2v) is 4.75. The number of halogens is 1. The predicted molar refractivity (Wildman–Crippen MR) is 81.6 cm³/mol. The van der Waals surface area contributed by atoms with Crippen LogP contribution in [0.25, 0.3) is 0 Å². The Kier molecular flexibility index (Phi) is 4.88. The van der Waals surface area contributed by atoms with Gasteiger partial charge in [0.1, 0.15) is 11.5 Å². The summed E-state index contributed by atoms with van der Waals surface area (Å²) in [5.74, 6) is 1.42. The molecule has 0 spiro atoms. The van der Waals surface area contributed by atoms with E-state index in [0.29, 0.717) is 17.4 Å². The SMILES string of the molecule is CCOc1ccccc1C(N)c1ccc(Cl)c(OC)c1. The lowest BCUT2D eigenvalue weighted by atomic mass is 9.98. The first kappa shape index (κ1) is 14.7. The van der Waals surface area contributed by atoms with Crippen LogP contribution in [-0.2, 0) is 0 Å². The summed E-state index contributed by atoms with van der Waals surface area (Å²) < 4.78 is 10.9. The minimum Gasteiger partial charge on any atom is -0.495 e. The third-order valence-electron chi connectivity index (χ3n) is 3.09. The molecular weight excluding hydrogens is 274 g/mol. The second-order valence-electron chi connectivity index (χ2n) is 4.34. The topological polar surface area (TPSA) is 44.5 Å². The number of benzene rings is 2. The summed E-state index contributed by atoms with van der Waals surface area (Å²) in [6, 6.07) is 13.0. The fourth-order valence-corrected chi connectivity index (χ4v) is 2.27. The van der Waals surface area contributed by atoms with Crippen LogP contribution >= 0.6 is 11.6 Å². The lowest BCUT2D eigenvalue weighted by molar-refractivity contribution is 0.335. The minimum atomic E-state index is -0.288. The predicted octanol–water partition coefficient (Wildman–Crippen LogP) is 3.80. The average molecular weight is 292 g/mol.